The molecule has 0 aromatic heterocycles. The van der Waals surface area contributed by atoms with E-state index >= 15 is 0 Å². The summed E-state index contributed by atoms with van der Waals surface area (Å²) in [6, 6.07) is 19.5. The Morgan fingerprint density at radius 1 is 1.00 bits per heavy atom. The predicted molar refractivity (Wildman–Crippen MR) is 173 cm³/mol. The Balaban J connectivity index is 1.77. The van der Waals surface area contributed by atoms with Crippen LogP contribution in [0.5, 0.6) is 5.75 Å². The maximum atomic E-state index is 14.4. The summed E-state index contributed by atoms with van der Waals surface area (Å²) in [7, 11) is -2.84. The van der Waals surface area contributed by atoms with Gasteiger partial charge in [-0.1, -0.05) is 79.4 Å². The van der Waals surface area contributed by atoms with Gasteiger partial charge in [0, 0.05) is 31.1 Å². The summed E-state index contributed by atoms with van der Waals surface area (Å²) >= 11 is 0. The molecule has 0 unspecified atom stereocenters. The van der Waals surface area contributed by atoms with E-state index in [2.05, 4.69) is 5.32 Å². The number of nitro groups is 1. The van der Waals surface area contributed by atoms with Crippen LogP contribution in [0.3, 0.4) is 0 Å². The maximum absolute atomic E-state index is 14.4. The first-order valence-electron chi connectivity index (χ1n) is 15.0. The average Bonchev–Trinajstić information content (AvgIpc) is 3.02. The molecule has 1 saturated carbocycles. The lowest BCUT2D eigenvalue weighted by Crippen LogP contribution is -2.55. The monoisotopic (exact) mass is 636 g/mol. The number of hydrogen-bond acceptors (Lipinski definition) is 7. The number of ether oxygens (including phenoxy) is 1. The van der Waals surface area contributed by atoms with E-state index in [9.17, 15) is 28.1 Å². The zero-order valence-electron chi connectivity index (χ0n) is 25.8. The van der Waals surface area contributed by atoms with Crippen LogP contribution in [0.25, 0.3) is 0 Å². The number of aryl methyl sites for hydroxylation is 1. The normalized spacial score (nSPS) is 14.3. The van der Waals surface area contributed by atoms with Crippen LogP contribution in [0.1, 0.15) is 48.8 Å². The minimum atomic E-state index is -4.14. The molecule has 11 nitrogen and oxygen atoms in total. The fourth-order valence-electron chi connectivity index (χ4n) is 5.57. The van der Waals surface area contributed by atoms with E-state index in [0.29, 0.717) is 0 Å². The number of carbonyl (C=O) groups is 2. The lowest BCUT2D eigenvalue weighted by Gasteiger charge is -2.35. The summed E-state index contributed by atoms with van der Waals surface area (Å²) in [6.45, 7) is 1.28. The summed E-state index contributed by atoms with van der Waals surface area (Å²) < 4.78 is 32.4. The van der Waals surface area contributed by atoms with Gasteiger partial charge in [0.15, 0.2) is 0 Å². The fourth-order valence-corrected chi connectivity index (χ4v) is 6.41. The molecule has 240 valence electrons. The Kier molecular flexibility index (Phi) is 11.2. The first-order chi connectivity index (χ1) is 21.5. The number of nitrogens with one attached hydrogen (secondary N) is 1. The molecular weight excluding hydrogens is 596 g/mol. The summed E-state index contributed by atoms with van der Waals surface area (Å²) in [5, 5.41) is 14.7. The number of methoxy groups -OCH3 is 1. The predicted octanol–water partition coefficient (Wildman–Crippen LogP) is 4.77. The van der Waals surface area contributed by atoms with Gasteiger partial charge in [-0.05, 0) is 37.0 Å². The van der Waals surface area contributed by atoms with Crippen molar-refractivity contribution in [1.82, 2.24) is 10.2 Å². The molecule has 0 spiro atoms. The Bertz CT molecular complexity index is 1590. The SMILES string of the molecule is COc1ccc([N+](=O)[O-])cc1N(CC(=O)N(Cc1ccc(C)cc1)[C@H](Cc1ccccc1)C(=O)NC1CCCCC1)S(C)(=O)=O. The molecule has 12 heteroatoms. The van der Waals surface area contributed by atoms with Crippen LogP contribution in [0.2, 0.25) is 0 Å². The molecule has 1 fully saturated rings. The Morgan fingerprint density at radius 3 is 2.27 bits per heavy atom. The van der Waals surface area contributed by atoms with Gasteiger partial charge in [-0.25, -0.2) is 8.42 Å². The molecule has 3 aromatic carbocycles. The molecule has 4 rings (SSSR count). The van der Waals surface area contributed by atoms with Crippen LogP contribution in [0, 0.1) is 17.0 Å². The highest BCUT2D eigenvalue weighted by atomic mass is 32.2. The van der Waals surface area contributed by atoms with Crippen molar-refractivity contribution < 1.29 is 27.7 Å². The van der Waals surface area contributed by atoms with Gasteiger partial charge in [-0.15, -0.1) is 0 Å². The van der Waals surface area contributed by atoms with Crippen molar-refractivity contribution in [2.24, 2.45) is 0 Å². The Morgan fingerprint density at radius 2 is 1.67 bits per heavy atom. The van der Waals surface area contributed by atoms with Gasteiger partial charge in [-0.3, -0.25) is 24.0 Å². The first kappa shape index (κ1) is 33.4. The Labute approximate surface area is 264 Å². The lowest BCUT2D eigenvalue weighted by atomic mass is 9.94. The van der Waals surface area contributed by atoms with Gasteiger partial charge in [0.1, 0.15) is 24.0 Å². The molecule has 0 aliphatic heterocycles. The van der Waals surface area contributed by atoms with Crippen LogP contribution >= 0.6 is 0 Å². The summed E-state index contributed by atoms with van der Waals surface area (Å²) in [4.78, 5) is 40.7. The number of nitrogens with zero attached hydrogens (tertiary/aromatic N) is 3. The van der Waals surface area contributed by atoms with Crippen molar-refractivity contribution in [1.29, 1.82) is 0 Å². The van der Waals surface area contributed by atoms with Crippen molar-refractivity contribution >= 4 is 33.2 Å². The van der Waals surface area contributed by atoms with E-state index in [4.69, 9.17) is 4.74 Å². The second-order valence-electron chi connectivity index (χ2n) is 11.4. The van der Waals surface area contributed by atoms with Gasteiger partial charge in [0.2, 0.25) is 21.8 Å². The van der Waals surface area contributed by atoms with Crippen LogP contribution in [-0.2, 0) is 32.6 Å². The van der Waals surface area contributed by atoms with E-state index in [1.54, 1.807) is 0 Å². The minimum Gasteiger partial charge on any atom is -0.495 e. The van der Waals surface area contributed by atoms with Crippen molar-refractivity contribution in [3.05, 3.63) is 99.6 Å². The fraction of sp³-hybridized carbons (Fsp3) is 0.394. The standard InChI is InChI=1S/C33H40N4O7S/c1-24-14-16-26(17-15-24)22-35(30(20-25-10-6-4-7-11-25)33(39)34-27-12-8-5-9-13-27)32(38)23-36(45(3,42)43)29-21-28(37(40)41)18-19-31(29)44-2/h4,6-7,10-11,14-19,21,27,30H,5,8-9,12-13,20,22-23H2,1-3H3,(H,34,39)/t30-/m1/s1. The molecule has 1 aliphatic carbocycles. The number of anilines is 1. The third-order valence-electron chi connectivity index (χ3n) is 8.02. The van der Waals surface area contributed by atoms with Crippen LogP contribution in [-0.4, -0.2) is 62.0 Å². The lowest BCUT2D eigenvalue weighted by molar-refractivity contribution is -0.384. The molecule has 2 amide bonds. The molecule has 0 radical (unpaired) electrons. The number of benzene rings is 3. The smallest absolute Gasteiger partial charge is 0.271 e. The highest BCUT2D eigenvalue weighted by Gasteiger charge is 2.35. The van der Waals surface area contributed by atoms with E-state index in [0.717, 1.165) is 65.4 Å². The number of non-ortho nitro benzene ring substituents is 1. The largest absolute Gasteiger partial charge is 0.495 e. The third-order valence-corrected chi connectivity index (χ3v) is 9.14. The van der Waals surface area contributed by atoms with Crippen LogP contribution < -0.4 is 14.4 Å². The number of nitro benzene ring substituents is 1. The molecular formula is C33H40N4O7S. The molecule has 1 aliphatic rings. The van der Waals surface area contributed by atoms with Gasteiger partial charge in [-0.2, -0.15) is 0 Å². The third kappa shape index (κ3) is 9.04. The summed E-state index contributed by atoms with van der Waals surface area (Å²) in [6.07, 6.45) is 5.95. The number of carbonyl (C=O) groups excluding carboxylic acids is 2. The van der Waals surface area contributed by atoms with E-state index in [1.807, 2.05) is 61.5 Å². The molecule has 0 saturated heterocycles. The zero-order chi connectivity index (χ0) is 32.6. The first-order valence-corrected chi connectivity index (χ1v) is 16.8. The van der Waals surface area contributed by atoms with E-state index < -0.39 is 33.4 Å². The zero-order valence-corrected chi connectivity index (χ0v) is 26.7. The molecule has 0 bridgehead atoms. The van der Waals surface area contributed by atoms with Gasteiger partial charge in [0.05, 0.1) is 18.3 Å². The van der Waals surface area contributed by atoms with Gasteiger partial charge < -0.3 is 15.0 Å². The van der Waals surface area contributed by atoms with Crippen LogP contribution in [0.4, 0.5) is 11.4 Å². The minimum absolute atomic E-state index is 0.0116. The van der Waals surface area contributed by atoms with Crippen LogP contribution in [0.15, 0.2) is 72.8 Å². The van der Waals surface area contributed by atoms with Crippen molar-refractivity contribution in [2.45, 2.75) is 64.1 Å². The second-order valence-corrected chi connectivity index (χ2v) is 13.3. The van der Waals surface area contributed by atoms with Crippen molar-refractivity contribution in [2.75, 3.05) is 24.2 Å². The quantitative estimate of drug-likeness (QED) is 0.211. The Hall–Kier alpha value is -4.45. The molecule has 1 N–H and O–H groups in total. The van der Waals surface area contributed by atoms with Gasteiger partial charge >= 0.3 is 0 Å². The second kappa shape index (κ2) is 15.0. The number of sulfonamides is 1. The molecule has 45 heavy (non-hydrogen) atoms. The van der Waals surface area contributed by atoms with Gasteiger partial charge in [0.25, 0.3) is 5.69 Å². The number of amides is 2. The molecule has 3 aromatic rings. The van der Waals surface area contributed by atoms with E-state index in [1.165, 1.54) is 24.1 Å². The molecule has 1 atom stereocenters. The van der Waals surface area contributed by atoms with E-state index in [-0.39, 0.29) is 42.0 Å². The summed E-state index contributed by atoms with van der Waals surface area (Å²) in [5.41, 5.74) is 2.11. The van der Waals surface area contributed by atoms with Crippen molar-refractivity contribution in [3.63, 3.8) is 0 Å². The topological polar surface area (TPSA) is 139 Å². The average molecular weight is 637 g/mol. The van der Waals surface area contributed by atoms with Crippen molar-refractivity contribution in [3.8, 4) is 5.75 Å². The number of hydrogen-bond donors (Lipinski definition) is 1. The molecule has 0 heterocycles. The highest BCUT2D eigenvalue weighted by molar-refractivity contribution is 7.92. The number of rotatable bonds is 13. The summed E-state index contributed by atoms with van der Waals surface area (Å²) in [5.74, 6) is -0.917. The highest BCUT2D eigenvalue weighted by Crippen LogP contribution is 2.34. The maximum Gasteiger partial charge on any atom is 0.271 e.